The van der Waals surface area contributed by atoms with Gasteiger partial charge in [0.1, 0.15) is 0 Å². The molecule has 1 aliphatic carbocycles. The molecule has 0 aromatic heterocycles. The highest BCUT2D eigenvalue weighted by molar-refractivity contribution is 4.79. The summed E-state index contributed by atoms with van der Waals surface area (Å²) in [6.45, 7) is 5.82. The first-order chi connectivity index (χ1) is 8.18. The highest BCUT2D eigenvalue weighted by atomic mass is 14.9. The van der Waals surface area contributed by atoms with Crippen LogP contribution in [0.15, 0.2) is 0 Å². The Hall–Kier alpha value is -0.0800. The van der Waals surface area contributed by atoms with Crippen molar-refractivity contribution in [3.05, 3.63) is 0 Å². The second-order valence-electron chi connectivity index (χ2n) is 6.17. The van der Waals surface area contributed by atoms with E-state index in [0.29, 0.717) is 12.1 Å². The van der Waals surface area contributed by atoms with Crippen molar-refractivity contribution < 1.29 is 0 Å². The van der Waals surface area contributed by atoms with Crippen LogP contribution in [0, 0.1) is 5.92 Å². The Bertz CT molecular complexity index is 180. The first kappa shape index (κ1) is 15.0. The van der Waals surface area contributed by atoms with Crippen LogP contribution in [0.3, 0.4) is 0 Å². The van der Waals surface area contributed by atoms with Gasteiger partial charge in [0, 0.05) is 12.1 Å². The van der Waals surface area contributed by atoms with Crippen LogP contribution in [0.5, 0.6) is 0 Å². The van der Waals surface area contributed by atoms with E-state index in [1.54, 1.807) is 0 Å². The van der Waals surface area contributed by atoms with Crippen LogP contribution < -0.4 is 11.1 Å². The van der Waals surface area contributed by atoms with Crippen molar-refractivity contribution >= 4 is 0 Å². The van der Waals surface area contributed by atoms with Gasteiger partial charge in [-0.25, -0.2) is 0 Å². The Balaban J connectivity index is 1.86. The minimum absolute atomic E-state index is 0.451. The second-order valence-corrected chi connectivity index (χ2v) is 6.17. The standard InChI is InChI=1S/C15H32N2/c1-13(2)8-5-3-4-6-11-17-15-10-7-9-14(16)12-15/h13-15,17H,3-12,16H2,1-2H3. The molecule has 17 heavy (non-hydrogen) atoms. The fraction of sp³-hybridized carbons (Fsp3) is 1.00. The Morgan fingerprint density at radius 1 is 1.12 bits per heavy atom. The summed E-state index contributed by atoms with van der Waals surface area (Å²) >= 11 is 0. The molecule has 102 valence electrons. The van der Waals surface area contributed by atoms with Gasteiger partial charge < -0.3 is 11.1 Å². The van der Waals surface area contributed by atoms with Crippen molar-refractivity contribution in [3.8, 4) is 0 Å². The molecule has 1 saturated carbocycles. The molecular formula is C15H32N2. The monoisotopic (exact) mass is 240 g/mol. The van der Waals surface area contributed by atoms with Gasteiger partial charge in [0.25, 0.3) is 0 Å². The van der Waals surface area contributed by atoms with Gasteiger partial charge in [-0.3, -0.25) is 0 Å². The van der Waals surface area contributed by atoms with Gasteiger partial charge in [0.15, 0.2) is 0 Å². The molecule has 2 atom stereocenters. The van der Waals surface area contributed by atoms with Crippen LogP contribution in [-0.2, 0) is 0 Å². The lowest BCUT2D eigenvalue weighted by Gasteiger charge is -2.27. The van der Waals surface area contributed by atoms with E-state index in [2.05, 4.69) is 19.2 Å². The zero-order chi connectivity index (χ0) is 12.5. The first-order valence-electron chi connectivity index (χ1n) is 7.67. The zero-order valence-electron chi connectivity index (χ0n) is 11.9. The Morgan fingerprint density at radius 3 is 2.59 bits per heavy atom. The van der Waals surface area contributed by atoms with Crippen LogP contribution >= 0.6 is 0 Å². The summed E-state index contributed by atoms with van der Waals surface area (Å²) in [7, 11) is 0. The van der Waals surface area contributed by atoms with Gasteiger partial charge >= 0.3 is 0 Å². The largest absolute Gasteiger partial charge is 0.328 e. The van der Waals surface area contributed by atoms with Gasteiger partial charge in [-0.1, -0.05) is 46.0 Å². The molecule has 0 heterocycles. The number of unbranched alkanes of at least 4 members (excludes halogenated alkanes) is 3. The molecule has 0 radical (unpaired) electrons. The molecule has 2 nitrogen and oxygen atoms in total. The van der Waals surface area contributed by atoms with E-state index in [1.165, 1.54) is 64.3 Å². The fourth-order valence-corrected chi connectivity index (χ4v) is 2.75. The first-order valence-corrected chi connectivity index (χ1v) is 7.67. The number of nitrogens with one attached hydrogen (secondary N) is 1. The van der Waals surface area contributed by atoms with E-state index in [0.717, 1.165) is 5.92 Å². The van der Waals surface area contributed by atoms with E-state index >= 15 is 0 Å². The molecule has 0 aromatic carbocycles. The van der Waals surface area contributed by atoms with Gasteiger partial charge in [-0.2, -0.15) is 0 Å². The summed E-state index contributed by atoms with van der Waals surface area (Å²) in [6, 6.07) is 1.15. The van der Waals surface area contributed by atoms with Crippen LogP contribution in [0.2, 0.25) is 0 Å². The molecule has 0 saturated heterocycles. The quantitative estimate of drug-likeness (QED) is 0.638. The average Bonchev–Trinajstić information content (AvgIpc) is 2.27. The summed E-state index contributed by atoms with van der Waals surface area (Å²) in [4.78, 5) is 0. The molecule has 0 aliphatic heterocycles. The Morgan fingerprint density at radius 2 is 1.88 bits per heavy atom. The van der Waals surface area contributed by atoms with Crippen LogP contribution in [-0.4, -0.2) is 18.6 Å². The molecule has 0 amide bonds. The van der Waals surface area contributed by atoms with Crippen molar-refractivity contribution in [2.45, 2.75) is 83.7 Å². The third-order valence-corrected chi connectivity index (χ3v) is 3.86. The number of hydrogen-bond acceptors (Lipinski definition) is 2. The lowest BCUT2D eigenvalue weighted by Crippen LogP contribution is -2.39. The summed E-state index contributed by atoms with van der Waals surface area (Å²) in [5.41, 5.74) is 5.98. The molecule has 1 rings (SSSR count). The normalized spacial score (nSPS) is 25.4. The molecular weight excluding hydrogens is 208 g/mol. The van der Waals surface area contributed by atoms with E-state index in [-0.39, 0.29) is 0 Å². The lowest BCUT2D eigenvalue weighted by molar-refractivity contribution is 0.337. The molecule has 1 fully saturated rings. The number of rotatable bonds is 8. The van der Waals surface area contributed by atoms with Crippen LogP contribution in [0.4, 0.5) is 0 Å². The molecule has 1 aliphatic rings. The zero-order valence-corrected chi connectivity index (χ0v) is 11.9. The fourth-order valence-electron chi connectivity index (χ4n) is 2.75. The Kier molecular flexibility index (Phi) is 7.87. The predicted octanol–water partition coefficient (Wildman–Crippen LogP) is 3.45. The molecule has 0 bridgehead atoms. The molecule has 2 heteroatoms. The maximum atomic E-state index is 5.98. The van der Waals surface area contributed by atoms with Crippen molar-refractivity contribution in [1.82, 2.24) is 5.32 Å². The summed E-state index contributed by atoms with van der Waals surface area (Å²) < 4.78 is 0. The van der Waals surface area contributed by atoms with E-state index in [1.807, 2.05) is 0 Å². The van der Waals surface area contributed by atoms with Gasteiger partial charge in [0.2, 0.25) is 0 Å². The van der Waals surface area contributed by atoms with E-state index in [4.69, 9.17) is 5.73 Å². The van der Waals surface area contributed by atoms with E-state index in [9.17, 15) is 0 Å². The number of hydrogen-bond donors (Lipinski definition) is 2. The van der Waals surface area contributed by atoms with Crippen molar-refractivity contribution in [2.75, 3.05) is 6.54 Å². The third-order valence-electron chi connectivity index (χ3n) is 3.86. The maximum absolute atomic E-state index is 5.98. The van der Waals surface area contributed by atoms with Crippen LogP contribution in [0.25, 0.3) is 0 Å². The van der Waals surface area contributed by atoms with E-state index < -0.39 is 0 Å². The van der Waals surface area contributed by atoms with Gasteiger partial charge in [-0.15, -0.1) is 0 Å². The Labute approximate surface area is 108 Å². The SMILES string of the molecule is CC(C)CCCCCCNC1CCCC(N)C1. The lowest BCUT2D eigenvalue weighted by atomic mass is 9.91. The van der Waals surface area contributed by atoms with Gasteiger partial charge in [-0.05, 0) is 38.1 Å². The molecule has 0 spiro atoms. The maximum Gasteiger partial charge on any atom is 0.00818 e. The summed E-state index contributed by atoms with van der Waals surface area (Å²) in [6.07, 6.45) is 12.0. The summed E-state index contributed by atoms with van der Waals surface area (Å²) in [5, 5.41) is 3.67. The third kappa shape index (κ3) is 7.77. The van der Waals surface area contributed by atoms with Crippen molar-refractivity contribution in [1.29, 1.82) is 0 Å². The minimum Gasteiger partial charge on any atom is -0.328 e. The highest BCUT2D eigenvalue weighted by Crippen LogP contribution is 2.17. The van der Waals surface area contributed by atoms with Gasteiger partial charge in [0.05, 0.1) is 0 Å². The van der Waals surface area contributed by atoms with Crippen LogP contribution in [0.1, 0.15) is 71.6 Å². The molecule has 3 N–H and O–H groups in total. The topological polar surface area (TPSA) is 38.0 Å². The number of nitrogens with two attached hydrogens (primary N) is 1. The second kappa shape index (κ2) is 8.93. The summed E-state index contributed by atoms with van der Waals surface area (Å²) in [5.74, 6) is 0.872. The van der Waals surface area contributed by atoms with Crippen molar-refractivity contribution in [2.24, 2.45) is 11.7 Å². The molecule has 0 aromatic rings. The van der Waals surface area contributed by atoms with Crippen molar-refractivity contribution in [3.63, 3.8) is 0 Å². The minimum atomic E-state index is 0.451. The highest BCUT2D eigenvalue weighted by Gasteiger charge is 2.17. The smallest absolute Gasteiger partial charge is 0.00818 e. The average molecular weight is 240 g/mol. The molecule has 2 unspecified atom stereocenters. The predicted molar refractivity (Wildman–Crippen MR) is 76.2 cm³/mol.